The third kappa shape index (κ3) is 4.05. The molecule has 1 N–H and O–H groups in total. The first-order chi connectivity index (χ1) is 11.2. The quantitative estimate of drug-likeness (QED) is 0.933. The van der Waals surface area contributed by atoms with Crippen molar-refractivity contribution in [3.05, 3.63) is 65.5 Å². The van der Waals surface area contributed by atoms with E-state index in [-0.39, 0.29) is 11.5 Å². The fourth-order valence-electron chi connectivity index (χ4n) is 2.57. The monoisotopic (exact) mass is 330 g/mol. The van der Waals surface area contributed by atoms with Crippen LogP contribution in [0.25, 0.3) is 0 Å². The van der Waals surface area contributed by atoms with E-state index < -0.39 is 5.82 Å². The molecule has 0 unspecified atom stereocenters. The van der Waals surface area contributed by atoms with Gasteiger partial charge >= 0.3 is 0 Å². The Labute approximate surface area is 139 Å². The molecular weight excluding hydrogens is 311 g/mol. The molecule has 3 nitrogen and oxygen atoms in total. The Morgan fingerprint density at radius 3 is 2.48 bits per heavy atom. The zero-order chi connectivity index (χ0) is 16.1. The number of hydrogen-bond donors (Lipinski definition) is 1. The van der Waals surface area contributed by atoms with E-state index in [1.165, 1.54) is 29.3 Å². The summed E-state index contributed by atoms with van der Waals surface area (Å²) in [6, 6.07) is 14.2. The van der Waals surface area contributed by atoms with Gasteiger partial charge in [0, 0.05) is 36.8 Å². The van der Waals surface area contributed by atoms with Gasteiger partial charge in [-0.15, -0.1) is 0 Å². The fraction of sp³-hybridized carbons (Fsp3) is 0.278. The number of thioether (sulfide) groups is 1. The molecule has 1 aliphatic rings. The Hall–Kier alpha value is -2.01. The molecule has 0 spiro atoms. The van der Waals surface area contributed by atoms with Crippen LogP contribution >= 0.6 is 11.8 Å². The Morgan fingerprint density at radius 1 is 1.09 bits per heavy atom. The van der Waals surface area contributed by atoms with Crippen LogP contribution in [0.15, 0.2) is 48.5 Å². The average molecular weight is 330 g/mol. The lowest BCUT2D eigenvalue weighted by Gasteiger charge is -2.28. The Kier molecular flexibility index (Phi) is 5.18. The van der Waals surface area contributed by atoms with E-state index in [1.54, 1.807) is 12.1 Å². The second kappa shape index (κ2) is 7.51. The van der Waals surface area contributed by atoms with E-state index in [4.69, 9.17) is 0 Å². The van der Waals surface area contributed by atoms with Crippen LogP contribution in [-0.4, -0.2) is 30.5 Å². The van der Waals surface area contributed by atoms with Crippen molar-refractivity contribution in [2.75, 3.05) is 29.5 Å². The number of anilines is 1. The van der Waals surface area contributed by atoms with Crippen molar-refractivity contribution in [3.8, 4) is 0 Å². The van der Waals surface area contributed by atoms with E-state index in [1.807, 2.05) is 23.9 Å². The van der Waals surface area contributed by atoms with Gasteiger partial charge in [-0.3, -0.25) is 4.79 Å². The van der Waals surface area contributed by atoms with Crippen LogP contribution in [0.3, 0.4) is 0 Å². The van der Waals surface area contributed by atoms with Gasteiger partial charge in [0.1, 0.15) is 5.82 Å². The average Bonchev–Trinajstić information content (AvgIpc) is 2.61. The molecule has 0 aromatic heterocycles. The molecule has 5 heteroatoms. The van der Waals surface area contributed by atoms with Crippen molar-refractivity contribution < 1.29 is 9.18 Å². The van der Waals surface area contributed by atoms with Crippen LogP contribution < -0.4 is 10.2 Å². The summed E-state index contributed by atoms with van der Waals surface area (Å²) in [5.41, 5.74) is 2.30. The zero-order valence-electron chi connectivity index (χ0n) is 12.8. The summed E-state index contributed by atoms with van der Waals surface area (Å²) in [5.74, 6) is 1.45. The first-order valence-corrected chi connectivity index (χ1v) is 8.84. The smallest absolute Gasteiger partial charge is 0.254 e. The summed E-state index contributed by atoms with van der Waals surface area (Å²) < 4.78 is 13.6. The Bertz CT molecular complexity index is 669. The lowest BCUT2D eigenvalue weighted by molar-refractivity contribution is 0.0947. The van der Waals surface area contributed by atoms with Gasteiger partial charge in [-0.2, -0.15) is 11.8 Å². The van der Waals surface area contributed by atoms with Gasteiger partial charge in [0.05, 0.1) is 5.56 Å². The number of nitrogens with one attached hydrogen (secondary N) is 1. The molecule has 2 aromatic rings. The van der Waals surface area contributed by atoms with Crippen molar-refractivity contribution in [2.24, 2.45) is 0 Å². The molecule has 23 heavy (non-hydrogen) atoms. The first-order valence-electron chi connectivity index (χ1n) is 7.68. The molecule has 1 heterocycles. The Morgan fingerprint density at radius 2 is 1.78 bits per heavy atom. The SMILES string of the molecule is O=C(NCc1ccc(N2CCSCC2)cc1)c1ccccc1F. The van der Waals surface area contributed by atoms with Crippen LogP contribution in [0.2, 0.25) is 0 Å². The minimum absolute atomic E-state index is 0.0786. The lowest BCUT2D eigenvalue weighted by Crippen LogP contribution is -2.32. The number of halogens is 1. The predicted octanol–water partition coefficient (Wildman–Crippen LogP) is 3.31. The molecule has 3 rings (SSSR count). The number of hydrogen-bond acceptors (Lipinski definition) is 3. The second-order valence-corrected chi connectivity index (χ2v) is 6.65. The zero-order valence-corrected chi connectivity index (χ0v) is 13.6. The van der Waals surface area contributed by atoms with Gasteiger partial charge < -0.3 is 10.2 Å². The van der Waals surface area contributed by atoms with Gasteiger partial charge in [0.15, 0.2) is 0 Å². The highest BCUT2D eigenvalue weighted by molar-refractivity contribution is 7.99. The summed E-state index contributed by atoms with van der Waals surface area (Å²) in [6.07, 6.45) is 0. The third-order valence-electron chi connectivity index (χ3n) is 3.88. The molecule has 0 saturated carbocycles. The molecule has 1 fully saturated rings. The highest BCUT2D eigenvalue weighted by atomic mass is 32.2. The number of rotatable bonds is 4. The van der Waals surface area contributed by atoms with E-state index in [0.717, 1.165) is 18.7 Å². The standard InChI is InChI=1S/C18H19FN2OS/c19-17-4-2-1-3-16(17)18(22)20-13-14-5-7-15(8-6-14)21-9-11-23-12-10-21/h1-8H,9-13H2,(H,20,22). The largest absolute Gasteiger partial charge is 0.370 e. The highest BCUT2D eigenvalue weighted by Gasteiger charge is 2.12. The summed E-state index contributed by atoms with van der Waals surface area (Å²) in [6.45, 7) is 2.55. The highest BCUT2D eigenvalue weighted by Crippen LogP contribution is 2.19. The van der Waals surface area contributed by atoms with Gasteiger partial charge in [-0.25, -0.2) is 4.39 Å². The van der Waals surface area contributed by atoms with E-state index >= 15 is 0 Å². The molecule has 0 atom stereocenters. The number of benzene rings is 2. The van der Waals surface area contributed by atoms with E-state index in [2.05, 4.69) is 22.3 Å². The fourth-order valence-corrected chi connectivity index (χ4v) is 3.47. The molecule has 0 radical (unpaired) electrons. The van der Waals surface area contributed by atoms with Crippen LogP contribution in [0.4, 0.5) is 10.1 Å². The van der Waals surface area contributed by atoms with Crippen LogP contribution in [0, 0.1) is 5.82 Å². The number of amides is 1. The van der Waals surface area contributed by atoms with E-state index in [9.17, 15) is 9.18 Å². The number of carbonyl (C=O) groups excluding carboxylic acids is 1. The second-order valence-electron chi connectivity index (χ2n) is 5.43. The molecule has 0 bridgehead atoms. The van der Waals surface area contributed by atoms with Crippen molar-refractivity contribution in [1.82, 2.24) is 5.32 Å². The molecule has 1 aliphatic heterocycles. The summed E-state index contributed by atoms with van der Waals surface area (Å²) in [5, 5.41) is 2.76. The first kappa shape index (κ1) is 15.9. The van der Waals surface area contributed by atoms with Crippen LogP contribution in [-0.2, 0) is 6.54 Å². The van der Waals surface area contributed by atoms with Crippen molar-refractivity contribution in [1.29, 1.82) is 0 Å². The number of carbonyl (C=O) groups is 1. The molecule has 2 aromatic carbocycles. The van der Waals surface area contributed by atoms with Crippen molar-refractivity contribution in [3.63, 3.8) is 0 Å². The lowest BCUT2D eigenvalue weighted by atomic mass is 10.1. The summed E-state index contributed by atoms with van der Waals surface area (Å²) >= 11 is 1.99. The summed E-state index contributed by atoms with van der Waals surface area (Å²) in [4.78, 5) is 14.4. The van der Waals surface area contributed by atoms with Crippen molar-refractivity contribution in [2.45, 2.75) is 6.54 Å². The van der Waals surface area contributed by atoms with Gasteiger partial charge in [-0.05, 0) is 29.8 Å². The van der Waals surface area contributed by atoms with Crippen LogP contribution in [0.1, 0.15) is 15.9 Å². The minimum atomic E-state index is -0.497. The maximum absolute atomic E-state index is 13.6. The molecule has 1 amide bonds. The number of nitrogens with zero attached hydrogens (tertiary/aromatic N) is 1. The maximum atomic E-state index is 13.6. The van der Waals surface area contributed by atoms with Gasteiger partial charge in [0.25, 0.3) is 5.91 Å². The normalized spacial score (nSPS) is 14.6. The van der Waals surface area contributed by atoms with Crippen molar-refractivity contribution >= 4 is 23.4 Å². The maximum Gasteiger partial charge on any atom is 0.254 e. The van der Waals surface area contributed by atoms with Gasteiger partial charge in [0.2, 0.25) is 0 Å². The van der Waals surface area contributed by atoms with E-state index in [0.29, 0.717) is 6.54 Å². The minimum Gasteiger partial charge on any atom is -0.370 e. The van der Waals surface area contributed by atoms with Crippen LogP contribution in [0.5, 0.6) is 0 Å². The van der Waals surface area contributed by atoms with Gasteiger partial charge in [-0.1, -0.05) is 24.3 Å². The predicted molar refractivity (Wildman–Crippen MR) is 93.6 cm³/mol. The molecular formula is C18H19FN2OS. The molecule has 0 aliphatic carbocycles. The third-order valence-corrected chi connectivity index (χ3v) is 4.83. The molecule has 1 saturated heterocycles. The topological polar surface area (TPSA) is 32.3 Å². The Balaban J connectivity index is 1.58. The summed E-state index contributed by atoms with van der Waals surface area (Å²) in [7, 11) is 0. The molecule has 120 valence electrons.